The maximum atomic E-state index is 13.1. The number of halogens is 7. The summed E-state index contributed by atoms with van der Waals surface area (Å²) in [4.78, 5) is 0. The molecule has 2 aromatic rings. The van der Waals surface area contributed by atoms with Gasteiger partial charge in [-0.05, 0) is 41.8 Å². The average Bonchev–Trinajstić information content (AvgIpc) is 2.63. The Balaban J connectivity index is 2.11. The van der Waals surface area contributed by atoms with Gasteiger partial charge in [0.05, 0.1) is 11.7 Å². The van der Waals surface area contributed by atoms with Gasteiger partial charge >= 0.3 is 12.4 Å². The van der Waals surface area contributed by atoms with Crippen LogP contribution in [0, 0.1) is 5.82 Å². The SMILES string of the molecule is OC(c1ccc(F)cc1)C(Cc1ccc(C(F)(F)F)cc1)[N-]CCCC(F)(F)F. The van der Waals surface area contributed by atoms with E-state index in [4.69, 9.17) is 0 Å². The summed E-state index contributed by atoms with van der Waals surface area (Å²) in [6.07, 6.45) is -11.4. The van der Waals surface area contributed by atoms with E-state index >= 15 is 0 Å². The van der Waals surface area contributed by atoms with E-state index in [1.807, 2.05) is 0 Å². The molecule has 0 amide bonds. The highest BCUT2D eigenvalue weighted by Crippen LogP contribution is 2.31. The van der Waals surface area contributed by atoms with E-state index in [-0.39, 0.29) is 19.4 Å². The van der Waals surface area contributed by atoms with Crippen molar-refractivity contribution in [3.05, 3.63) is 76.4 Å². The minimum atomic E-state index is -4.49. The van der Waals surface area contributed by atoms with Crippen molar-refractivity contribution >= 4 is 0 Å². The van der Waals surface area contributed by atoms with Crippen LogP contribution in [0.5, 0.6) is 0 Å². The Labute approximate surface area is 163 Å². The summed E-state index contributed by atoms with van der Waals surface area (Å²) in [5.74, 6) is -0.526. The Morgan fingerprint density at radius 2 is 1.45 bits per heavy atom. The zero-order valence-electron chi connectivity index (χ0n) is 15.1. The molecule has 0 saturated carbocycles. The summed E-state index contributed by atoms with van der Waals surface area (Å²) < 4.78 is 88.1. The van der Waals surface area contributed by atoms with Gasteiger partial charge in [-0.2, -0.15) is 26.3 Å². The predicted octanol–water partition coefficient (Wildman–Crippen LogP) is 6.21. The Morgan fingerprint density at radius 1 is 0.862 bits per heavy atom. The van der Waals surface area contributed by atoms with Gasteiger partial charge in [-0.25, -0.2) is 4.39 Å². The molecule has 9 heteroatoms. The molecule has 0 fully saturated rings. The first-order chi connectivity index (χ1) is 13.5. The second kappa shape index (κ2) is 9.58. The summed E-state index contributed by atoms with van der Waals surface area (Å²) in [5, 5.41) is 14.7. The van der Waals surface area contributed by atoms with Crippen LogP contribution in [-0.2, 0) is 12.6 Å². The standard InChI is InChI=1S/C20H19F7NO/c21-16-8-4-14(5-9-16)18(29)17(28-11-1-10-19(22,23)24)12-13-2-6-15(7-3-13)20(25,26)27/h2-9,17-18,29H,1,10-12H2/q-1. The van der Waals surface area contributed by atoms with Crippen LogP contribution < -0.4 is 0 Å². The lowest BCUT2D eigenvalue weighted by molar-refractivity contribution is -0.137. The van der Waals surface area contributed by atoms with Crippen molar-refractivity contribution in [2.45, 2.75) is 43.8 Å². The Kier molecular flexibility index (Phi) is 7.65. The molecule has 0 aliphatic rings. The molecule has 160 valence electrons. The van der Waals surface area contributed by atoms with Crippen molar-refractivity contribution in [2.24, 2.45) is 0 Å². The molecular formula is C20H19F7NO-. The van der Waals surface area contributed by atoms with E-state index in [0.29, 0.717) is 11.1 Å². The van der Waals surface area contributed by atoms with E-state index in [2.05, 4.69) is 5.32 Å². The summed E-state index contributed by atoms with van der Waals surface area (Å²) in [5.41, 5.74) is -0.0920. The lowest BCUT2D eigenvalue weighted by Gasteiger charge is -2.36. The molecule has 0 heterocycles. The second-order valence-corrected chi connectivity index (χ2v) is 6.59. The normalized spacial score (nSPS) is 14.6. The van der Waals surface area contributed by atoms with Crippen LogP contribution in [0.25, 0.3) is 5.32 Å². The van der Waals surface area contributed by atoms with Gasteiger partial charge in [0.1, 0.15) is 5.82 Å². The Morgan fingerprint density at radius 3 is 1.97 bits per heavy atom. The van der Waals surface area contributed by atoms with Crippen LogP contribution in [0.2, 0.25) is 0 Å². The van der Waals surface area contributed by atoms with Crippen LogP contribution >= 0.6 is 0 Å². The lowest BCUT2D eigenvalue weighted by atomic mass is 9.95. The maximum absolute atomic E-state index is 13.1. The Bertz CT molecular complexity index is 754. The van der Waals surface area contributed by atoms with E-state index in [1.165, 1.54) is 24.3 Å². The van der Waals surface area contributed by atoms with Gasteiger partial charge in [0.25, 0.3) is 0 Å². The molecular weight excluding hydrogens is 403 g/mol. The largest absolute Gasteiger partial charge is 0.657 e. The number of aliphatic hydroxyl groups is 1. The molecule has 0 saturated heterocycles. The minimum Gasteiger partial charge on any atom is -0.657 e. The van der Waals surface area contributed by atoms with E-state index in [9.17, 15) is 35.8 Å². The highest BCUT2D eigenvalue weighted by molar-refractivity contribution is 5.28. The maximum Gasteiger partial charge on any atom is 0.416 e. The summed E-state index contributed by atoms with van der Waals surface area (Å²) in [7, 11) is 0. The molecule has 2 aromatic carbocycles. The molecule has 0 aromatic heterocycles. The van der Waals surface area contributed by atoms with Crippen LogP contribution in [0.3, 0.4) is 0 Å². The average molecular weight is 422 g/mol. The fraction of sp³-hybridized carbons (Fsp3) is 0.400. The van der Waals surface area contributed by atoms with Crippen molar-refractivity contribution in [3.63, 3.8) is 0 Å². The van der Waals surface area contributed by atoms with Gasteiger partial charge in [0.15, 0.2) is 0 Å². The van der Waals surface area contributed by atoms with Gasteiger partial charge < -0.3 is 10.4 Å². The highest BCUT2D eigenvalue weighted by atomic mass is 19.4. The number of benzene rings is 2. The zero-order valence-corrected chi connectivity index (χ0v) is 15.1. The van der Waals surface area contributed by atoms with Crippen molar-refractivity contribution in [2.75, 3.05) is 6.54 Å². The van der Waals surface area contributed by atoms with Crippen LogP contribution in [-0.4, -0.2) is 23.9 Å². The first kappa shape index (κ1) is 23.2. The third-order valence-electron chi connectivity index (χ3n) is 4.28. The van der Waals surface area contributed by atoms with Gasteiger partial charge in [-0.3, -0.25) is 0 Å². The summed E-state index contributed by atoms with van der Waals surface area (Å²) in [6.45, 7) is -0.178. The number of hydrogen-bond acceptors (Lipinski definition) is 1. The van der Waals surface area contributed by atoms with Crippen molar-refractivity contribution in [1.29, 1.82) is 0 Å². The monoisotopic (exact) mass is 422 g/mol. The summed E-state index contributed by atoms with van der Waals surface area (Å²) >= 11 is 0. The lowest BCUT2D eigenvalue weighted by Crippen LogP contribution is -2.22. The zero-order chi connectivity index (χ0) is 21.7. The third kappa shape index (κ3) is 7.66. The van der Waals surface area contributed by atoms with E-state index < -0.39 is 42.3 Å². The number of hydrogen-bond donors (Lipinski definition) is 1. The first-order valence-electron chi connectivity index (χ1n) is 8.79. The molecule has 1 N–H and O–H groups in total. The molecule has 2 nitrogen and oxygen atoms in total. The van der Waals surface area contributed by atoms with E-state index in [0.717, 1.165) is 24.3 Å². The summed E-state index contributed by atoms with van der Waals surface area (Å²) in [6, 6.07) is 8.24. The number of aliphatic hydroxyl groups excluding tert-OH is 1. The molecule has 0 aliphatic carbocycles. The smallest absolute Gasteiger partial charge is 0.416 e. The second-order valence-electron chi connectivity index (χ2n) is 6.59. The predicted molar refractivity (Wildman–Crippen MR) is 93.8 cm³/mol. The third-order valence-corrected chi connectivity index (χ3v) is 4.28. The molecule has 0 aliphatic heterocycles. The molecule has 29 heavy (non-hydrogen) atoms. The molecule has 2 rings (SSSR count). The molecule has 0 bridgehead atoms. The van der Waals surface area contributed by atoms with Crippen LogP contribution in [0.4, 0.5) is 30.7 Å². The van der Waals surface area contributed by atoms with Crippen molar-refractivity contribution in [1.82, 2.24) is 0 Å². The number of rotatable bonds is 8. The fourth-order valence-electron chi connectivity index (χ4n) is 2.77. The topological polar surface area (TPSA) is 34.3 Å². The van der Waals surface area contributed by atoms with Gasteiger partial charge in [-0.15, -0.1) is 12.6 Å². The van der Waals surface area contributed by atoms with Crippen LogP contribution in [0.1, 0.15) is 35.6 Å². The van der Waals surface area contributed by atoms with Crippen molar-refractivity contribution < 1.29 is 35.8 Å². The highest BCUT2D eigenvalue weighted by Gasteiger charge is 2.30. The van der Waals surface area contributed by atoms with Gasteiger partial charge in [-0.1, -0.05) is 30.7 Å². The molecule has 0 radical (unpaired) electrons. The van der Waals surface area contributed by atoms with Gasteiger partial charge in [0, 0.05) is 6.42 Å². The van der Waals surface area contributed by atoms with Gasteiger partial charge in [0.2, 0.25) is 0 Å². The quantitative estimate of drug-likeness (QED) is 0.399. The molecule has 0 spiro atoms. The first-order valence-corrected chi connectivity index (χ1v) is 8.79. The number of alkyl halides is 6. The molecule has 2 unspecified atom stereocenters. The number of nitrogens with zero attached hydrogens (tertiary/aromatic N) is 1. The minimum absolute atomic E-state index is 0.0166. The van der Waals surface area contributed by atoms with Crippen molar-refractivity contribution in [3.8, 4) is 0 Å². The molecule has 2 atom stereocenters. The van der Waals surface area contributed by atoms with E-state index in [1.54, 1.807) is 0 Å². The fourth-order valence-corrected chi connectivity index (χ4v) is 2.77. The van der Waals surface area contributed by atoms with Crippen LogP contribution in [0.15, 0.2) is 48.5 Å². The Hall–Kier alpha value is -2.13.